The molecule has 1 aromatic heterocycles. The first-order valence-corrected chi connectivity index (χ1v) is 9.08. The molecule has 1 fully saturated rings. The van der Waals surface area contributed by atoms with Gasteiger partial charge in [0.25, 0.3) is 0 Å². The van der Waals surface area contributed by atoms with E-state index in [0.29, 0.717) is 13.1 Å². The van der Waals surface area contributed by atoms with E-state index in [1.54, 1.807) is 10.9 Å². The molecular formula is C11H20N4O2S2. The molecule has 8 heteroatoms. The Kier molecular flexibility index (Phi) is 5.26. The average molecular weight is 304 g/mol. The van der Waals surface area contributed by atoms with E-state index >= 15 is 0 Å². The van der Waals surface area contributed by atoms with Crippen molar-refractivity contribution in [3.8, 4) is 0 Å². The van der Waals surface area contributed by atoms with Crippen LogP contribution in [0, 0.1) is 0 Å². The largest absolute Gasteiger partial charge is 0.330 e. The smallest absolute Gasteiger partial charge is 0.243 e. The fourth-order valence-corrected chi connectivity index (χ4v) is 4.33. The number of hydrogen-bond donors (Lipinski definition) is 2. The Morgan fingerprint density at radius 1 is 1.47 bits per heavy atom. The fourth-order valence-electron chi connectivity index (χ4n) is 1.96. The van der Waals surface area contributed by atoms with E-state index in [1.807, 2.05) is 11.8 Å². The number of hydrogen-bond acceptors (Lipinski definition) is 5. The summed E-state index contributed by atoms with van der Waals surface area (Å²) in [6.07, 6.45) is 5.54. The number of thioether (sulfide) groups is 1. The van der Waals surface area contributed by atoms with E-state index in [0.717, 1.165) is 30.8 Å². The molecule has 1 aliphatic heterocycles. The Morgan fingerprint density at radius 2 is 2.21 bits per heavy atom. The maximum Gasteiger partial charge on any atom is 0.243 e. The number of rotatable bonds is 6. The van der Waals surface area contributed by atoms with Gasteiger partial charge < -0.3 is 5.73 Å². The van der Waals surface area contributed by atoms with Gasteiger partial charge in [-0.05, 0) is 37.3 Å². The van der Waals surface area contributed by atoms with Gasteiger partial charge in [-0.3, -0.25) is 4.68 Å². The van der Waals surface area contributed by atoms with Crippen LogP contribution in [0.15, 0.2) is 17.3 Å². The van der Waals surface area contributed by atoms with Gasteiger partial charge in [0.15, 0.2) is 0 Å². The molecule has 0 radical (unpaired) electrons. The third kappa shape index (κ3) is 4.20. The normalized spacial score (nSPS) is 17.7. The topological polar surface area (TPSA) is 90.0 Å². The van der Waals surface area contributed by atoms with E-state index in [9.17, 15) is 8.42 Å². The van der Waals surface area contributed by atoms with Gasteiger partial charge in [0, 0.05) is 18.8 Å². The van der Waals surface area contributed by atoms with Crippen LogP contribution >= 0.6 is 11.8 Å². The molecule has 0 unspecified atom stereocenters. The number of nitrogens with two attached hydrogens (primary N) is 1. The van der Waals surface area contributed by atoms with E-state index in [-0.39, 0.29) is 10.9 Å². The minimum Gasteiger partial charge on any atom is -0.330 e. The van der Waals surface area contributed by atoms with Gasteiger partial charge in [0.2, 0.25) is 10.0 Å². The molecule has 0 amide bonds. The summed E-state index contributed by atoms with van der Waals surface area (Å²) in [5.74, 6) is 2.03. The van der Waals surface area contributed by atoms with Crippen molar-refractivity contribution in [2.75, 3.05) is 18.1 Å². The molecule has 0 atom stereocenters. The zero-order valence-corrected chi connectivity index (χ0v) is 12.4. The average Bonchev–Trinajstić information content (AvgIpc) is 2.86. The molecule has 108 valence electrons. The minimum absolute atomic E-state index is 0.0543. The molecule has 0 aliphatic carbocycles. The van der Waals surface area contributed by atoms with Crippen LogP contribution in [0.2, 0.25) is 0 Å². The van der Waals surface area contributed by atoms with Crippen molar-refractivity contribution in [1.29, 1.82) is 0 Å². The van der Waals surface area contributed by atoms with Crippen LogP contribution in [0.4, 0.5) is 0 Å². The van der Waals surface area contributed by atoms with Crippen LogP contribution in [-0.4, -0.2) is 42.3 Å². The van der Waals surface area contributed by atoms with Crippen LogP contribution in [0.25, 0.3) is 0 Å². The molecule has 1 aromatic rings. The SMILES string of the molecule is NCCCn1cc(S(=O)(=O)NC2CCSCC2)cn1. The maximum atomic E-state index is 12.2. The van der Waals surface area contributed by atoms with Gasteiger partial charge in [-0.1, -0.05) is 0 Å². The van der Waals surface area contributed by atoms with Gasteiger partial charge in [0.1, 0.15) is 4.90 Å². The summed E-state index contributed by atoms with van der Waals surface area (Å²) in [5.41, 5.74) is 5.42. The van der Waals surface area contributed by atoms with Crippen LogP contribution in [0.3, 0.4) is 0 Å². The molecule has 6 nitrogen and oxygen atoms in total. The molecule has 0 spiro atoms. The van der Waals surface area contributed by atoms with Gasteiger partial charge >= 0.3 is 0 Å². The summed E-state index contributed by atoms with van der Waals surface area (Å²) >= 11 is 1.87. The van der Waals surface area contributed by atoms with Gasteiger partial charge in [0.05, 0.1) is 6.20 Å². The monoisotopic (exact) mass is 304 g/mol. The summed E-state index contributed by atoms with van der Waals surface area (Å²) in [5, 5.41) is 4.05. The zero-order valence-electron chi connectivity index (χ0n) is 10.8. The highest BCUT2D eigenvalue weighted by Gasteiger charge is 2.23. The highest BCUT2D eigenvalue weighted by Crippen LogP contribution is 2.19. The second-order valence-corrected chi connectivity index (χ2v) is 7.53. The molecule has 2 rings (SSSR count). The van der Waals surface area contributed by atoms with E-state index in [4.69, 9.17) is 5.73 Å². The third-order valence-corrected chi connectivity index (χ3v) is 5.58. The molecule has 0 aromatic carbocycles. The number of aromatic nitrogens is 2. The second kappa shape index (κ2) is 6.74. The number of nitrogens with one attached hydrogen (secondary N) is 1. The molecule has 1 aliphatic rings. The highest BCUT2D eigenvalue weighted by atomic mass is 32.2. The number of sulfonamides is 1. The number of nitrogens with zero attached hydrogens (tertiary/aromatic N) is 2. The molecule has 0 bridgehead atoms. The van der Waals surface area contributed by atoms with Crippen molar-refractivity contribution in [3.05, 3.63) is 12.4 Å². The van der Waals surface area contributed by atoms with Crippen LogP contribution < -0.4 is 10.5 Å². The van der Waals surface area contributed by atoms with Crippen LogP contribution in [0.5, 0.6) is 0 Å². The Bertz CT molecular complexity index is 495. The van der Waals surface area contributed by atoms with Crippen molar-refractivity contribution in [3.63, 3.8) is 0 Å². The predicted molar refractivity (Wildman–Crippen MR) is 76.6 cm³/mol. The van der Waals surface area contributed by atoms with E-state index in [2.05, 4.69) is 9.82 Å². The first-order valence-electron chi connectivity index (χ1n) is 6.44. The second-order valence-electron chi connectivity index (χ2n) is 4.59. The first kappa shape index (κ1) is 14.8. The lowest BCUT2D eigenvalue weighted by atomic mass is 10.2. The van der Waals surface area contributed by atoms with Crippen molar-refractivity contribution in [2.45, 2.75) is 36.7 Å². The van der Waals surface area contributed by atoms with Crippen LogP contribution in [0.1, 0.15) is 19.3 Å². The first-order chi connectivity index (χ1) is 9.12. The van der Waals surface area contributed by atoms with Crippen LogP contribution in [-0.2, 0) is 16.6 Å². The third-order valence-electron chi connectivity index (χ3n) is 3.05. The summed E-state index contributed by atoms with van der Waals surface area (Å²) < 4.78 is 28.8. The molecule has 19 heavy (non-hydrogen) atoms. The van der Waals surface area contributed by atoms with E-state index < -0.39 is 10.0 Å². The Labute approximate surface area is 118 Å². The highest BCUT2D eigenvalue weighted by molar-refractivity contribution is 7.99. The Morgan fingerprint density at radius 3 is 2.89 bits per heavy atom. The van der Waals surface area contributed by atoms with Crippen molar-refractivity contribution in [1.82, 2.24) is 14.5 Å². The molecule has 1 saturated heterocycles. The lowest BCUT2D eigenvalue weighted by Crippen LogP contribution is -2.37. The summed E-state index contributed by atoms with van der Waals surface area (Å²) in [4.78, 5) is 0.239. The molecule has 0 saturated carbocycles. The summed E-state index contributed by atoms with van der Waals surface area (Å²) in [6, 6.07) is 0.0543. The van der Waals surface area contributed by atoms with Crippen molar-refractivity contribution < 1.29 is 8.42 Å². The molecular weight excluding hydrogens is 284 g/mol. The number of aryl methyl sites for hydroxylation is 1. The molecule has 3 N–H and O–H groups in total. The molecule has 2 heterocycles. The lowest BCUT2D eigenvalue weighted by Gasteiger charge is -2.21. The van der Waals surface area contributed by atoms with Gasteiger partial charge in [-0.15, -0.1) is 0 Å². The Hall–Kier alpha value is -0.570. The standard InChI is InChI=1S/C11H20N4O2S2/c12-4-1-5-15-9-11(8-13-15)19(16,17)14-10-2-6-18-7-3-10/h8-10,14H,1-7,12H2. The predicted octanol–water partition coefficient (Wildman–Crippen LogP) is 0.406. The van der Waals surface area contributed by atoms with Gasteiger partial charge in [-0.2, -0.15) is 16.9 Å². The van der Waals surface area contributed by atoms with Gasteiger partial charge in [-0.25, -0.2) is 13.1 Å². The summed E-state index contributed by atoms with van der Waals surface area (Å²) in [6.45, 7) is 1.21. The minimum atomic E-state index is -3.44. The summed E-state index contributed by atoms with van der Waals surface area (Å²) in [7, 11) is -3.44. The Balaban J connectivity index is 1.99. The van der Waals surface area contributed by atoms with Crippen molar-refractivity contribution >= 4 is 21.8 Å². The maximum absolute atomic E-state index is 12.2. The van der Waals surface area contributed by atoms with E-state index in [1.165, 1.54) is 6.20 Å². The zero-order chi connectivity index (χ0) is 13.7. The van der Waals surface area contributed by atoms with Crippen molar-refractivity contribution in [2.24, 2.45) is 5.73 Å². The quantitative estimate of drug-likeness (QED) is 0.794. The lowest BCUT2D eigenvalue weighted by molar-refractivity contribution is 0.528. The fraction of sp³-hybridized carbons (Fsp3) is 0.727.